The molecule has 0 fully saturated rings. The van der Waals surface area contributed by atoms with Gasteiger partial charge in [0.15, 0.2) is 0 Å². The van der Waals surface area contributed by atoms with Crippen LogP contribution in [0.15, 0.2) is 102 Å². The van der Waals surface area contributed by atoms with Gasteiger partial charge in [-0.2, -0.15) is 0 Å². The molecule has 0 heterocycles. The van der Waals surface area contributed by atoms with E-state index < -0.39 is 22.1 Å². The summed E-state index contributed by atoms with van der Waals surface area (Å²) in [6.45, 7) is 10.2. The second kappa shape index (κ2) is 13.8. The molecule has 37 heavy (non-hydrogen) atoms. The summed E-state index contributed by atoms with van der Waals surface area (Å²) in [5, 5.41) is 0. The van der Waals surface area contributed by atoms with Crippen LogP contribution in [0, 0.1) is 34.6 Å². The van der Waals surface area contributed by atoms with E-state index in [1.807, 2.05) is 80.6 Å². The molecule has 3 N–H and O–H groups in total. The van der Waals surface area contributed by atoms with Crippen LogP contribution in [0.5, 0.6) is 0 Å². The third-order valence-electron chi connectivity index (χ3n) is 6.15. The molecule has 6 heteroatoms. The molecule has 0 radical (unpaired) electrons. The molecule has 0 saturated heterocycles. The molecule has 0 aliphatic carbocycles. The van der Waals surface area contributed by atoms with Crippen molar-refractivity contribution in [3.8, 4) is 0 Å². The molecular formula is C31H36N2O2RuS. The quantitative estimate of drug-likeness (QED) is 0.244. The Morgan fingerprint density at radius 2 is 1.14 bits per heavy atom. The fourth-order valence-electron chi connectivity index (χ4n) is 4.09. The Morgan fingerprint density at radius 3 is 1.62 bits per heavy atom. The minimum atomic E-state index is -3.74. The van der Waals surface area contributed by atoms with Crippen molar-refractivity contribution >= 4 is 10.0 Å². The van der Waals surface area contributed by atoms with Crippen molar-refractivity contribution in [1.29, 1.82) is 0 Å². The SMILES string of the molecule is Cc1cc(C)cc(S(=O)(=O)N[C@H](c2ccccc2)[C@H](N)c2ccccc2)c1.Cc1ccc(C)c(C)c1.[Ru]. The molecule has 0 amide bonds. The molecule has 4 nitrogen and oxygen atoms in total. The summed E-state index contributed by atoms with van der Waals surface area (Å²) in [4.78, 5) is 0.251. The molecule has 4 aromatic carbocycles. The van der Waals surface area contributed by atoms with Gasteiger partial charge in [-0.15, -0.1) is 0 Å². The summed E-state index contributed by atoms with van der Waals surface area (Å²) in [7, 11) is -3.74. The van der Waals surface area contributed by atoms with Gasteiger partial charge in [0.2, 0.25) is 10.0 Å². The van der Waals surface area contributed by atoms with Gasteiger partial charge in [0.1, 0.15) is 0 Å². The zero-order valence-corrected chi connectivity index (χ0v) is 24.6. The summed E-state index contributed by atoms with van der Waals surface area (Å²) < 4.78 is 29.0. The van der Waals surface area contributed by atoms with E-state index in [1.165, 1.54) is 16.7 Å². The number of nitrogens with one attached hydrogen (secondary N) is 1. The molecule has 0 aliphatic rings. The Labute approximate surface area is 235 Å². The predicted octanol–water partition coefficient (Wildman–Crippen LogP) is 6.63. The average Bonchev–Trinajstić information content (AvgIpc) is 2.85. The van der Waals surface area contributed by atoms with E-state index in [4.69, 9.17) is 5.73 Å². The molecule has 2 atom stereocenters. The van der Waals surface area contributed by atoms with Crippen LogP contribution in [0.1, 0.15) is 51.0 Å². The Morgan fingerprint density at radius 1 is 0.622 bits per heavy atom. The van der Waals surface area contributed by atoms with Gasteiger partial charge in [0.05, 0.1) is 17.0 Å². The van der Waals surface area contributed by atoms with E-state index in [-0.39, 0.29) is 24.4 Å². The fraction of sp³-hybridized carbons (Fsp3) is 0.226. The van der Waals surface area contributed by atoms with E-state index in [0.29, 0.717) is 0 Å². The normalized spacial score (nSPS) is 12.5. The van der Waals surface area contributed by atoms with E-state index in [0.717, 1.165) is 22.3 Å². The average molecular weight is 602 g/mol. The van der Waals surface area contributed by atoms with Crippen molar-refractivity contribution in [2.45, 2.75) is 51.6 Å². The van der Waals surface area contributed by atoms with Crippen LogP contribution in [0.4, 0.5) is 0 Å². The van der Waals surface area contributed by atoms with Crippen LogP contribution in [-0.4, -0.2) is 8.42 Å². The third kappa shape index (κ3) is 8.72. The van der Waals surface area contributed by atoms with Crippen LogP contribution >= 0.6 is 0 Å². The molecule has 0 unspecified atom stereocenters. The van der Waals surface area contributed by atoms with Gasteiger partial charge in [-0.3, -0.25) is 0 Å². The van der Waals surface area contributed by atoms with Gasteiger partial charge in [-0.05, 0) is 80.1 Å². The van der Waals surface area contributed by atoms with Gasteiger partial charge >= 0.3 is 0 Å². The second-order valence-electron chi connectivity index (χ2n) is 9.36. The smallest absolute Gasteiger partial charge is 0.241 e. The van der Waals surface area contributed by atoms with E-state index in [1.54, 1.807) is 12.1 Å². The number of hydrogen-bond donors (Lipinski definition) is 2. The number of sulfonamides is 1. The van der Waals surface area contributed by atoms with Gasteiger partial charge in [0.25, 0.3) is 0 Å². The van der Waals surface area contributed by atoms with Crippen molar-refractivity contribution in [2.24, 2.45) is 5.73 Å². The minimum absolute atomic E-state index is 0. The topological polar surface area (TPSA) is 72.2 Å². The maximum Gasteiger partial charge on any atom is 0.241 e. The van der Waals surface area contributed by atoms with Gasteiger partial charge in [-0.25, -0.2) is 13.1 Å². The van der Waals surface area contributed by atoms with Crippen LogP contribution in [-0.2, 0) is 29.5 Å². The molecule has 4 rings (SSSR count). The van der Waals surface area contributed by atoms with Gasteiger partial charge in [-0.1, -0.05) is 90.5 Å². The first-order chi connectivity index (χ1) is 17.1. The largest absolute Gasteiger partial charge is 0.322 e. The Balaban J connectivity index is 0.000000408. The molecule has 0 bridgehead atoms. The molecule has 196 valence electrons. The molecule has 0 aromatic heterocycles. The molecule has 0 saturated carbocycles. The van der Waals surface area contributed by atoms with E-state index >= 15 is 0 Å². The van der Waals surface area contributed by atoms with Gasteiger partial charge < -0.3 is 5.73 Å². The molecule has 0 aliphatic heterocycles. The van der Waals surface area contributed by atoms with Crippen LogP contribution in [0.2, 0.25) is 0 Å². The zero-order chi connectivity index (χ0) is 26.3. The maximum atomic E-state index is 13.1. The maximum absolute atomic E-state index is 13.1. The predicted molar refractivity (Wildman–Crippen MR) is 149 cm³/mol. The van der Waals surface area contributed by atoms with Crippen molar-refractivity contribution in [2.75, 3.05) is 0 Å². The summed E-state index contributed by atoms with van der Waals surface area (Å²) in [6.07, 6.45) is 0. The Hall–Kier alpha value is -2.63. The number of rotatable bonds is 6. The number of nitrogens with two attached hydrogens (primary N) is 1. The molecular weight excluding hydrogens is 565 g/mol. The fourth-order valence-corrected chi connectivity index (χ4v) is 5.53. The zero-order valence-electron chi connectivity index (χ0n) is 22.0. The van der Waals surface area contributed by atoms with E-state index in [9.17, 15) is 8.42 Å². The Bertz CT molecular complexity index is 1370. The number of benzene rings is 4. The van der Waals surface area contributed by atoms with Crippen molar-refractivity contribution in [3.63, 3.8) is 0 Å². The van der Waals surface area contributed by atoms with E-state index in [2.05, 4.69) is 43.7 Å². The second-order valence-corrected chi connectivity index (χ2v) is 11.1. The first-order valence-corrected chi connectivity index (χ1v) is 13.5. The summed E-state index contributed by atoms with van der Waals surface area (Å²) >= 11 is 0. The first kappa shape index (κ1) is 30.6. The standard InChI is InChI=1S/C22H24N2O2S.C9H12.Ru/c1-16-13-17(2)15-20(14-16)27(25,26)24-22(19-11-7-4-8-12-19)21(23)18-9-5-3-6-10-18;1-7-4-5-8(2)9(3)6-7;/h3-15,21-22,24H,23H2,1-2H3;4-6H,1-3H3;/t21-,22-;;/m1../s1. The summed E-state index contributed by atoms with van der Waals surface area (Å²) in [6, 6.07) is 29.6. The first-order valence-electron chi connectivity index (χ1n) is 12.1. The number of hydrogen-bond acceptors (Lipinski definition) is 3. The van der Waals surface area contributed by atoms with Crippen molar-refractivity contribution in [1.82, 2.24) is 4.72 Å². The van der Waals surface area contributed by atoms with Crippen molar-refractivity contribution in [3.05, 3.63) is 136 Å². The van der Waals surface area contributed by atoms with Crippen LogP contribution in [0.3, 0.4) is 0 Å². The van der Waals surface area contributed by atoms with Gasteiger partial charge in [0, 0.05) is 19.5 Å². The van der Waals surface area contributed by atoms with Crippen LogP contribution in [0.25, 0.3) is 0 Å². The monoisotopic (exact) mass is 602 g/mol. The molecule has 4 aromatic rings. The Kier molecular flexibility index (Phi) is 11.4. The summed E-state index contributed by atoms with van der Waals surface area (Å²) in [5.41, 5.74) is 14.1. The number of aryl methyl sites for hydroxylation is 5. The summed E-state index contributed by atoms with van der Waals surface area (Å²) in [5.74, 6) is 0. The van der Waals surface area contributed by atoms with Crippen LogP contribution < -0.4 is 10.5 Å². The van der Waals surface area contributed by atoms with Crippen molar-refractivity contribution < 1.29 is 27.9 Å². The molecule has 0 spiro atoms. The third-order valence-corrected chi connectivity index (χ3v) is 7.57. The minimum Gasteiger partial charge on any atom is -0.322 e.